The number of primary amides is 1. The molecule has 2 aromatic carbocycles. The predicted molar refractivity (Wildman–Crippen MR) is 61.4 cm³/mol. The molecule has 2 N–H and O–H groups in total. The van der Waals surface area contributed by atoms with Gasteiger partial charge in [0.1, 0.15) is 17.3 Å². The second-order valence-corrected chi connectivity index (χ2v) is 3.42. The van der Waals surface area contributed by atoms with Crippen LogP contribution in [-0.4, -0.2) is 5.91 Å². The van der Waals surface area contributed by atoms with Crippen LogP contribution in [-0.2, 0) is 0 Å². The molecular formula is C13H10FNO2. The van der Waals surface area contributed by atoms with Crippen LogP contribution >= 0.6 is 0 Å². The first-order chi connectivity index (χ1) is 8.16. The fourth-order valence-corrected chi connectivity index (χ4v) is 1.38. The molecule has 0 aliphatic rings. The molecule has 2 aromatic rings. The van der Waals surface area contributed by atoms with Crippen LogP contribution in [0, 0.1) is 5.82 Å². The molecule has 2 rings (SSSR count). The Morgan fingerprint density at radius 2 is 1.76 bits per heavy atom. The molecule has 0 bridgehead atoms. The monoisotopic (exact) mass is 231 g/mol. The van der Waals surface area contributed by atoms with Crippen LogP contribution in [0.5, 0.6) is 11.5 Å². The molecule has 0 heterocycles. The standard InChI is InChI=1S/C13H10FNO2/c14-12-8-10(6-7-11(12)13(15)16)17-9-4-2-1-3-5-9/h1-8H,(H2,15,16). The van der Waals surface area contributed by atoms with Gasteiger partial charge in [-0.05, 0) is 24.3 Å². The third kappa shape index (κ3) is 2.60. The molecule has 3 nitrogen and oxygen atoms in total. The summed E-state index contributed by atoms with van der Waals surface area (Å²) in [6.07, 6.45) is 0. The fraction of sp³-hybridized carbons (Fsp3) is 0. The van der Waals surface area contributed by atoms with Gasteiger partial charge in [-0.3, -0.25) is 4.79 Å². The Kier molecular flexibility index (Phi) is 3.05. The zero-order chi connectivity index (χ0) is 12.3. The Balaban J connectivity index is 2.24. The molecule has 0 spiro atoms. The quantitative estimate of drug-likeness (QED) is 0.882. The van der Waals surface area contributed by atoms with Crippen LogP contribution < -0.4 is 10.5 Å². The van der Waals surface area contributed by atoms with E-state index in [-0.39, 0.29) is 5.56 Å². The summed E-state index contributed by atoms with van der Waals surface area (Å²) >= 11 is 0. The van der Waals surface area contributed by atoms with Crippen molar-refractivity contribution in [3.05, 3.63) is 59.9 Å². The molecule has 17 heavy (non-hydrogen) atoms. The summed E-state index contributed by atoms with van der Waals surface area (Å²) in [4.78, 5) is 10.8. The summed E-state index contributed by atoms with van der Waals surface area (Å²) < 4.78 is 18.8. The molecular weight excluding hydrogens is 221 g/mol. The average molecular weight is 231 g/mol. The normalized spacial score (nSPS) is 9.94. The number of carbonyl (C=O) groups excluding carboxylic acids is 1. The van der Waals surface area contributed by atoms with Gasteiger partial charge in [0, 0.05) is 6.07 Å². The minimum absolute atomic E-state index is 0.148. The fourth-order valence-electron chi connectivity index (χ4n) is 1.38. The number of hydrogen-bond donors (Lipinski definition) is 1. The van der Waals surface area contributed by atoms with Crippen molar-refractivity contribution in [1.82, 2.24) is 0 Å². The van der Waals surface area contributed by atoms with Gasteiger partial charge in [-0.15, -0.1) is 0 Å². The lowest BCUT2D eigenvalue weighted by Crippen LogP contribution is -2.12. The number of hydrogen-bond acceptors (Lipinski definition) is 2. The van der Waals surface area contributed by atoms with Gasteiger partial charge in [0.2, 0.25) is 0 Å². The van der Waals surface area contributed by atoms with E-state index in [1.807, 2.05) is 18.2 Å². The summed E-state index contributed by atoms with van der Waals surface area (Å²) in [5.74, 6) is -0.572. The number of halogens is 1. The highest BCUT2D eigenvalue weighted by molar-refractivity contribution is 5.93. The smallest absolute Gasteiger partial charge is 0.251 e. The summed E-state index contributed by atoms with van der Waals surface area (Å²) in [5.41, 5.74) is 4.85. The molecule has 1 amide bonds. The number of ether oxygens (including phenoxy) is 1. The lowest BCUT2D eigenvalue weighted by molar-refractivity contribution is 0.0996. The van der Waals surface area contributed by atoms with Crippen LogP contribution in [0.15, 0.2) is 48.5 Å². The summed E-state index contributed by atoms with van der Waals surface area (Å²) in [7, 11) is 0. The highest BCUT2D eigenvalue weighted by atomic mass is 19.1. The minimum atomic E-state index is -0.797. The Labute approximate surface area is 97.6 Å². The highest BCUT2D eigenvalue weighted by Gasteiger charge is 2.09. The first-order valence-corrected chi connectivity index (χ1v) is 4.99. The highest BCUT2D eigenvalue weighted by Crippen LogP contribution is 2.22. The van der Waals surface area contributed by atoms with Crippen molar-refractivity contribution in [2.75, 3.05) is 0 Å². The SMILES string of the molecule is NC(=O)c1ccc(Oc2ccccc2)cc1F. The van der Waals surface area contributed by atoms with E-state index in [1.165, 1.54) is 12.1 Å². The van der Waals surface area contributed by atoms with Crippen LogP contribution in [0.3, 0.4) is 0 Å². The maximum Gasteiger partial charge on any atom is 0.251 e. The van der Waals surface area contributed by atoms with Crippen molar-refractivity contribution in [3.8, 4) is 11.5 Å². The van der Waals surface area contributed by atoms with E-state index in [4.69, 9.17) is 10.5 Å². The summed E-state index contributed by atoms with van der Waals surface area (Å²) in [6, 6.07) is 12.9. The molecule has 0 fully saturated rings. The molecule has 86 valence electrons. The Morgan fingerprint density at radius 1 is 1.06 bits per heavy atom. The third-order valence-electron chi connectivity index (χ3n) is 2.18. The molecule has 0 aliphatic heterocycles. The maximum atomic E-state index is 13.4. The molecule has 0 aromatic heterocycles. The first-order valence-electron chi connectivity index (χ1n) is 4.99. The second kappa shape index (κ2) is 4.65. The van der Waals surface area contributed by atoms with Crippen molar-refractivity contribution in [2.45, 2.75) is 0 Å². The number of benzene rings is 2. The average Bonchev–Trinajstić information content (AvgIpc) is 2.30. The Bertz CT molecular complexity index is 540. The summed E-state index contributed by atoms with van der Waals surface area (Å²) in [6.45, 7) is 0. The molecule has 4 heteroatoms. The van der Waals surface area contributed by atoms with E-state index in [9.17, 15) is 9.18 Å². The topological polar surface area (TPSA) is 52.3 Å². The first kappa shape index (κ1) is 11.1. The third-order valence-corrected chi connectivity index (χ3v) is 2.18. The van der Waals surface area contributed by atoms with Gasteiger partial charge in [-0.25, -0.2) is 4.39 Å². The van der Waals surface area contributed by atoms with Crippen LogP contribution in [0.1, 0.15) is 10.4 Å². The van der Waals surface area contributed by atoms with Gasteiger partial charge in [-0.2, -0.15) is 0 Å². The van der Waals surface area contributed by atoms with Crippen LogP contribution in [0.25, 0.3) is 0 Å². The van der Waals surface area contributed by atoms with Gasteiger partial charge in [0.05, 0.1) is 5.56 Å². The molecule has 0 saturated heterocycles. The summed E-state index contributed by atoms with van der Waals surface area (Å²) in [5, 5.41) is 0. The van der Waals surface area contributed by atoms with E-state index in [2.05, 4.69) is 0 Å². The van der Waals surface area contributed by atoms with E-state index in [1.54, 1.807) is 12.1 Å². The number of para-hydroxylation sites is 1. The Morgan fingerprint density at radius 3 is 2.35 bits per heavy atom. The molecule has 0 radical (unpaired) electrons. The van der Waals surface area contributed by atoms with Crippen LogP contribution in [0.4, 0.5) is 4.39 Å². The molecule has 0 aliphatic carbocycles. The van der Waals surface area contributed by atoms with E-state index in [0.717, 1.165) is 6.07 Å². The van der Waals surface area contributed by atoms with Gasteiger partial charge < -0.3 is 10.5 Å². The number of rotatable bonds is 3. The van der Waals surface area contributed by atoms with Gasteiger partial charge in [0.25, 0.3) is 5.91 Å². The van der Waals surface area contributed by atoms with E-state index < -0.39 is 11.7 Å². The van der Waals surface area contributed by atoms with Gasteiger partial charge in [-0.1, -0.05) is 18.2 Å². The molecule has 0 atom stereocenters. The van der Waals surface area contributed by atoms with Gasteiger partial charge >= 0.3 is 0 Å². The van der Waals surface area contributed by atoms with Crippen molar-refractivity contribution in [3.63, 3.8) is 0 Å². The maximum absolute atomic E-state index is 13.4. The van der Waals surface area contributed by atoms with Crippen molar-refractivity contribution >= 4 is 5.91 Å². The number of carbonyl (C=O) groups is 1. The van der Waals surface area contributed by atoms with Crippen LogP contribution in [0.2, 0.25) is 0 Å². The largest absolute Gasteiger partial charge is 0.457 e. The number of nitrogens with two attached hydrogens (primary N) is 1. The predicted octanol–water partition coefficient (Wildman–Crippen LogP) is 2.72. The lowest BCUT2D eigenvalue weighted by atomic mass is 10.2. The second-order valence-electron chi connectivity index (χ2n) is 3.42. The van der Waals surface area contributed by atoms with Gasteiger partial charge in [0.15, 0.2) is 0 Å². The molecule has 0 saturated carbocycles. The zero-order valence-electron chi connectivity index (χ0n) is 8.89. The number of amides is 1. The Hall–Kier alpha value is -2.36. The lowest BCUT2D eigenvalue weighted by Gasteiger charge is -2.06. The van der Waals surface area contributed by atoms with E-state index >= 15 is 0 Å². The van der Waals surface area contributed by atoms with E-state index in [0.29, 0.717) is 11.5 Å². The van der Waals surface area contributed by atoms with Crippen molar-refractivity contribution in [2.24, 2.45) is 5.73 Å². The zero-order valence-corrected chi connectivity index (χ0v) is 8.89. The van der Waals surface area contributed by atoms with Crippen molar-refractivity contribution < 1.29 is 13.9 Å². The van der Waals surface area contributed by atoms with Crippen molar-refractivity contribution in [1.29, 1.82) is 0 Å². The minimum Gasteiger partial charge on any atom is -0.457 e. The molecule has 0 unspecified atom stereocenters.